The monoisotopic (exact) mass is 547 g/mol. The molecule has 0 saturated carbocycles. The molecule has 0 aromatic carbocycles. The number of hydrogen-bond acceptors (Lipinski definition) is 7. The molecule has 0 aliphatic carbocycles. The Kier molecular flexibility index (Phi) is 8.09. The Hall–Kier alpha value is -2.66. The third-order valence-electron chi connectivity index (χ3n) is 3.40. The zero-order valence-electron chi connectivity index (χ0n) is 15.7. The molecular weight excluding hydrogens is 536 g/mol. The van der Waals surface area contributed by atoms with Gasteiger partial charge in [0.1, 0.15) is 11.4 Å². The van der Waals surface area contributed by atoms with Crippen LogP contribution in [0.1, 0.15) is 11.4 Å². The lowest BCUT2D eigenvalue weighted by Gasteiger charge is -2.18. The maximum atomic E-state index is 12.8. The molecule has 0 fully saturated rings. The van der Waals surface area contributed by atoms with Gasteiger partial charge in [-0.25, -0.2) is 0 Å². The highest BCUT2D eigenvalue weighted by Crippen LogP contribution is 2.44. The number of nitrogen functional groups attached to an aromatic ring is 1. The van der Waals surface area contributed by atoms with E-state index < -0.39 is 35.6 Å². The van der Waals surface area contributed by atoms with E-state index in [0.29, 0.717) is 12.1 Å². The zero-order chi connectivity index (χ0) is 25.1. The highest BCUT2D eigenvalue weighted by Gasteiger charge is 2.61. The average molecular weight is 548 g/mol. The number of alkyl halides is 10. The molecule has 0 saturated heterocycles. The van der Waals surface area contributed by atoms with Crippen molar-refractivity contribution in [1.29, 1.82) is 0 Å². The number of nitrogens with two attached hydrogens (primary N) is 1. The van der Waals surface area contributed by atoms with Crippen LogP contribution in [0.2, 0.25) is 0 Å². The molecule has 2 rings (SSSR count). The molecule has 7 nitrogen and oxygen atoms in total. The summed E-state index contributed by atoms with van der Waals surface area (Å²) in [5.41, 5.74) is 1.89. The van der Waals surface area contributed by atoms with Gasteiger partial charge < -0.3 is 16.4 Å². The fourth-order valence-corrected chi connectivity index (χ4v) is 2.23. The maximum Gasteiger partial charge on any atom is 0.459 e. The molecule has 2 heterocycles. The number of anilines is 3. The van der Waals surface area contributed by atoms with Gasteiger partial charge in [-0.3, -0.25) is 0 Å². The lowest BCUT2D eigenvalue weighted by molar-refractivity contribution is -0.291. The van der Waals surface area contributed by atoms with Gasteiger partial charge in [-0.2, -0.15) is 43.9 Å². The van der Waals surface area contributed by atoms with Gasteiger partial charge in [0.15, 0.2) is 11.6 Å². The minimum absolute atomic E-state index is 0.0241. The van der Waals surface area contributed by atoms with E-state index >= 15 is 0 Å². The number of hydrogen-bond donors (Lipinski definition) is 3. The van der Waals surface area contributed by atoms with Gasteiger partial charge in [-0.1, -0.05) is 0 Å². The van der Waals surface area contributed by atoms with Crippen molar-refractivity contribution in [2.45, 2.75) is 24.2 Å². The first-order valence-corrected chi connectivity index (χ1v) is 8.61. The van der Waals surface area contributed by atoms with Crippen LogP contribution in [0.4, 0.5) is 61.2 Å². The van der Waals surface area contributed by atoms with Crippen molar-refractivity contribution in [2.24, 2.45) is 0 Å². The van der Waals surface area contributed by atoms with E-state index in [1.54, 1.807) is 0 Å². The molecule has 18 heteroatoms. The first kappa shape index (κ1) is 27.4. The van der Waals surface area contributed by atoms with Gasteiger partial charge in [0.25, 0.3) is 0 Å². The lowest BCUT2D eigenvalue weighted by Crippen LogP contribution is -2.34. The predicted octanol–water partition coefficient (Wildman–Crippen LogP) is 4.69. The Morgan fingerprint density at radius 1 is 0.688 bits per heavy atom. The molecule has 0 amide bonds. The Labute approximate surface area is 180 Å². The van der Waals surface area contributed by atoms with Gasteiger partial charge in [0, 0.05) is 14.1 Å². The van der Waals surface area contributed by atoms with E-state index in [2.05, 4.69) is 47.0 Å². The summed E-state index contributed by atoms with van der Waals surface area (Å²) >= 11 is 2.80. The van der Waals surface area contributed by atoms with Crippen molar-refractivity contribution in [2.75, 3.05) is 30.5 Å². The number of nitrogens with zero attached hydrogens (tertiary/aromatic N) is 4. The summed E-state index contributed by atoms with van der Waals surface area (Å²) < 4.78 is 123. The molecule has 2 aromatic heterocycles. The van der Waals surface area contributed by atoms with Gasteiger partial charge in [-0.05, 0) is 28.1 Å². The maximum absolute atomic E-state index is 12.8. The molecule has 0 bridgehead atoms. The molecule has 0 aliphatic heterocycles. The standard InChI is InChI=1S/C7H5BrF5N3.C7H7F5N4/c1-14-5-3(8)2-4(15-16-5)6(9,10)7(11,12)13;1-14-5-3(13)2-4(15-16-5)6(8,9)7(10,11)12/h2H,1H3,(H,14,16);2H,1H3,(H2,13,15)(H,14,16). The lowest BCUT2D eigenvalue weighted by atomic mass is 10.2. The van der Waals surface area contributed by atoms with Gasteiger partial charge >= 0.3 is 24.2 Å². The van der Waals surface area contributed by atoms with Crippen LogP contribution in [-0.2, 0) is 11.8 Å². The topological polar surface area (TPSA) is 102 Å². The van der Waals surface area contributed by atoms with Crippen molar-refractivity contribution in [1.82, 2.24) is 20.4 Å². The first-order valence-electron chi connectivity index (χ1n) is 7.82. The van der Waals surface area contributed by atoms with Gasteiger partial charge in [0.05, 0.1) is 10.2 Å². The minimum atomic E-state index is -5.73. The molecule has 0 unspecified atom stereocenters. The van der Waals surface area contributed by atoms with Crippen molar-refractivity contribution < 1.29 is 43.9 Å². The van der Waals surface area contributed by atoms with Crippen LogP contribution in [0, 0.1) is 0 Å². The van der Waals surface area contributed by atoms with Crippen molar-refractivity contribution in [3.63, 3.8) is 0 Å². The largest absolute Gasteiger partial charge is 0.459 e. The van der Waals surface area contributed by atoms with Crippen molar-refractivity contribution in [3.05, 3.63) is 28.0 Å². The second-order valence-electron chi connectivity index (χ2n) is 5.60. The number of rotatable bonds is 4. The van der Waals surface area contributed by atoms with Crippen molar-refractivity contribution >= 4 is 33.3 Å². The molecule has 32 heavy (non-hydrogen) atoms. The third kappa shape index (κ3) is 5.77. The highest BCUT2D eigenvalue weighted by atomic mass is 79.9. The highest BCUT2D eigenvalue weighted by molar-refractivity contribution is 9.10. The summed E-state index contributed by atoms with van der Waals surface area (Å²) in [5.74, 6) is -10.1. The molecule has 180 valence electrons. The Bertz CT molecular complexity index is 858. The fourth-order valence-electron chi connectivity index (χ4n) is 1.74. The normalized spacial score (nSPS) is 12.7. The van der Waals surface area contributed by atoms with Crippen LogP contribution in [0.25, 0.3) is 0 Å². The van der Waals surface area contributed by atoms with E-state index in [4.69, 9.17) is 5.73 Å². The molecule has 0 aliphatic rings. The summed E-state index contributed by atoms with van der Waals surface area (Å²) in [6.45, 7) is 0. The summed E-state index contributed by atoms with van der Waals surface area (Å²) in [7, 11) is 2.80. The summed E-state index contributed by atoms with van der Waals surface area (Å²) in [6.07, 6.45) is -11.4. The van der Waals surface area contributed by atoms with Gasteiger partial charge in [0.2, 0.25) is 0 Å². The predicted molar refractivity (Wildman–Crippen MR) is 95.2 cm³/mol. The van der Waals surface area contributed by atoms with Crippen LogP contribution < -0.4 is 16.4 Å². The van der Waals surface area contributed by atoms with Gasteiger partial charge in [-0.15, -0.1) is 20.4 Å². The third-order valence-corrected chi connectivity index (χ3v) is 4.00. The van der Waals surface area contributed by atoms with Crippen LogP contribution in [-0.4, -0.2) is 46.8 Å². The van der Waals surface area contributed by atoms with Crippen LogP contribution in [0.15, 0.2) is 16.6 Å². The molecular formula is C14H12BrF10N7. The quantitative estimate of drug-likeness (QED) is 0.477. The summed E-state index contributed by atoms with van der Waals surface area (Å²) in [4.78, 5) is 0. The second-order valence-corrected chi connectivity index (χ2v) is 6.46. The van der Waals surface area contributed by atoms with E-state index in [9.17, 15) is 43.9 Å². The van der Waals surface area contributed by atoms with E-state index in [1.165, 1.54) is 14.1 Å². The molecule has 0 spiro atoms. The number of nitrogens with one attached hydrogen (secondary N) is 2. The molecule has 2 aromatic rings. The summed E-state index contributed by atoms with van der Waals surface area (Å²) in [5, 5.41) is 16.8. The van der Waals surface area contributed by atoms with Crippen LogP contribution in [0.5, 0.6) is 0 Å². The smallest absolute Gasteiger partial charge is 0.396 e. The van der Waals surface area contributed by atoms with E-state index in [-0.39, 0.29) is 21.8 Å². The molecule has 0 radical (unpaired) electrons. The summed E-state index contributed by atoms with van der Waals surface area (Å²) in [6, 6.07) is 1.01. The Morgan fingerprint density at radius 2 is 1.06 bits per heavy atom. The Morgan fingerprint density at radius 3 is 1.38 bits per heavy atom. The van der Waals surface area contributed by atoms with Crippen LogP contribution in [0.3, 0.4) is 0 Å². The minimum Gasteiger partial charge on any atom is -0.396 e. The van der Waals surface area contributed by atoms with Crippen LogP contribution >= 0.6 is 15.9 Å². The number of aromatic nitrogens is 4. The Balaban J connectivity index is 0.000000320. The SMILES string of the molecule is CNc1nnc(C(F)(F)C(F)(F)F)cc1Br.CNc1nnc(C(F)(F)C(F)(F)F)cc1N. The number of halogens is 11. The molecule has 0 atom stereocenters. The zero-order valence-corrected chi connectivity index (χ0v) is 17.3. The van der Waals surface area contributed by atoms with Crippen molar-refractivity contribution in [3.8, 4) is 0 Å². The average Bonchev–Trinajstić information content (AvgIpc) is 2.66. The fraction of sp³-hybridized carbons (Fsp3) is 0.429. The molecule has 4 N–H and O–H groups in total. The first-order chi connectivity index (χ1) is 14.4. The van der Waals surface area contributed by atoms with E-state index in [0.717, 1.165) is 0 Å². The van der Waals surface area contributed by atoms with E-state index in [1.807, 2.05) is 0 Å². The second kappa shape index (κ2) is 9.45.